The molecule has 0 bridgehead atoms. The largest absolute Gasteiger partial charge is 0.185 e. The van der Waals surface area contributed by atoms with Gasteiger partial charge in [0.05, 0.1) is 0 Å². The van der Waals surface area contributed by atoms with Gasteiger partial charge < -0.3 is 0 Å². The van der Waals surface area contributed by atoms with Gasteiger partial charge in [0.15, 0.2) is 0 Å². The fourth-order valence-corrected chi connectivity index (χ4v) is 2.12. The Morgan fingerprint density at radius 3 is 2.29 bits per heavy atom. The Kier molecular flexibility index (Phi) is 8.62. The number of thiocyanates is 2. The molecule has 0 aliphatic carbocycles. The standard InChI is InChI=1S/C10H14N2S2/c1-3-4-5-6-10(14-8-12)9(2)13-7-11/h3-6H2,1-2H3/b10-9+. The summed E-state index contributed by atoms with van der Waals surface area (Å²) in [6.45, 7) is 4.05. The molecule has 2 nitrogen and oxygen atoms in total. The lowest BCUT2D eigenvalue weighted by Crippen LogP contribution is -1.82. The van der Waals surface area contributed by atoms with Crippen molar-refractivity contribution in [3.63, 3.8) is 0 Å². The van der Waals surface area contributed by atoms with Crippen LogP contribution in [0.2, 0.25) is 0 Å². The van der Waals surface area contributed by atoms with Gasteiger partial charge in [-0.3, -0.25) is 0 Å². The van der Waals surface area contributed by atoms with Gasteiger partial charge in [0, 0.05) is 9.81 Å². The van der Waals surface area contributed by atoms with Crippen LogP contribution < -0.4 is 0 Å². The molecular weight excluding hydrogens is 212 g/mol. The Labute approximate surface area is 94.4 Å². The maximum atomic E-state index is 8.60. The summed E-state index contributed by atoms with van der Waals surface area (Å²) in [4.78, 5) is 2.02. The van der Waals surface area contributed by atoms with E-state index in [0.717, 1.165) is 34.4 Å². The van der Waals surface area contributed by atoms with Gasteiger partial charge in [0.1, 0.15) is 10.8 Å². The minimum atomic E-state index is 0.923. The summed E-state index contributed by atoms with van der Waals surface area (Å²) in [5.41, 5.74) is 0. The third-order valence-electron chi connectivity index (χ3n) is 1.77. The number of thioether (sulfide) groups is 2. The van der Waals surface area contributed by atoms with Crippen molar-refractivity contribution in [3.8, 4) is 10.8 Å². The predicted octanol–water partition coefficient (Wildman–Crippen LogP) is 4.23. The summed E-state index contributed by atoms with van der Waals surface area (Å²) in [7, 11) is 0. The van der Waals surface area contributed by atoms with E-state index in [1.165, 1.54) is 24.6 Å². The molecule has 0 amide bonds. The number of nitrogens with zero attached hydrogens (tertiary/aromatic N) is 2. The second kappa shape index (κ2) is 8.99. The molecule has 0 saturated carbocycles. The fraction of sp³-hybridized carbons (Fsp3) is 0.600. The van der Waals surface area contributed by atoms with Crippen molar-refractivity contribution in [3.05, 3.63) is 9.81 Å². The van der Waals surface area contributed by atoms with Gasteiger partial charge in [-0.2, -0.15) is 10.5 Å². The summed E-state index contributed by atoms with van der Waals surface area (Å²) >= 11 is 2.34. The average molecular weight is 226 g/mol. The van der Waals surface area contributed by atoms with E-state index in [1.54, 1.807) is 0 Å². The molecule has 0 aliphatic rings. The Morgan fingerprint density at radius 1 is 1.14 bits per heavy atom. The quantitative estimate of drug-likeness (QED) is 0.502. The average Bonchev–Trinajstić information content (AvgIpc) is 2.17. The predicted molar refractivity (Wildman–Crippen MR) is 63.3 cm³/mol. The van der Waals surface area contributed by atoms with E-state index < -0.39 is 0 Å². The Hall–Kier alpha value is -0.580. The number of hydrogen-bond acceptors (Lipinski definition) is 4. The normalized spacial score (nSPS) is 11.4. The number of rotatable bonds is 6. The van der Waals surface area contributed by atoms with Crippen molar-refractivity contribution in [2.75, 3.05) is 0 Å². The van der Waals surface area contributed by atoms with E-state index >= 15 is 0 Å². The van der Waals surface area contributed by atoms with Crippen LogP contribution in [0, 0.1) is 21.3 Å². The molecule has 76 valence electrons. The van der Waals surface area contributed by atoms with E-state index in [2.05, 4.69) is 12.3 Å². The maximum absolute atomic E-state index is 8.60. The summed E-state index contributed by atoms with van der Waals surface area (Å²) in [5.74, 6) is 0. The van der Waals surface area contributed by atoms with Gasteiger partial charge in [-0.15, -0.1) is 0 Å². The van der Waals surface area contributed by atoms with Gasteiger partial charge >= 0.3 is 0 Å². The zero-order chi connectivity index (χ0) is 10.8. The van der Waals surface area contributed by atoms with E-state index in [4.69, 9.17) is 10.5 Å². The summed E-state index contributed by atoms with van der Waals surface area (Å²) in [6.07, 6.45) is 4.38. The van der Waals surface area contributed by atoms with E-state index in [0.29, 0.717) is 0 Å². The van der Waals surface area contributed by atoms with Gasteiger partial charge in [0.25, 0.3) is 0 Å². The monoisotopic (exact) mass is 226 g/mol. The maximum Gasteiger partial charge on any atom is 0.138 e. The number of nitriles is 2. The second-order valence-corrected chi connectivity index (χ2v) is 4.70. The van der Waals surface area contributed by atoms with Crippen LogP contribution in [0.25, 0.3) is 0 Å². The van der Waals surface area contributed by atoms with Gasteiger partial charge in [-0.1, -0.05) is 19.8 Å². The van der Waals surface area contributed by atoms with Crippen LogP contribution >= 0.6 is 23.5 Å². The molecule has 0 rings (SSSR count). The van der Waals surface area contributed by atoms with E-state index in [-0.39, 0.29) is 0 Å². The zero-order valence-corrected chi connectivity index (χ0v) is 10.2. The molecule has 0 radical (unpaired) electrons. The number of hydrogen-bond donors (Lipinski definition) is 0. The smallest absolute Gasteiger partial charge is 0.138 e. The molecule has 0 N–H and O–H groups in total. The lowest BCUT2D eigenvalue weighted by atomic mass is 10.2. The molecule has 0 aromatic rings. The molecule has 0 unspecified atom stereocenters. The first-order valence-electron chi connectivity index (χ1n) is 4.57. The molecule has 0 spiro atoms. The third kappa shape index (κ3) is 5.96. The highest BCUT2D eigenvalue weighted by atomic mass is 32.2. The van der Waals surface area contributed by atoms with Crippen LogP contribution in [0.15, 0.2) is 9.81 Å². The van der Waals surface area contributed by atoms with Crippen LogP contribution in [0.1, 0.15) is 39.5 Å². The van der Waals surface area contributed by atoms with Crippen molar-refractivity contribution in [1.29, 1.82) is 10.5 Å². The first kappa shape index (κ1) is 13.4. The van der Waals surface area contributed by atoms with Gasteiger partial charge in [0.2, 0.25) is 0 Å². The van der Waals surface area contributed by atoms with Crippen LogP contribution in [0.4, 0.5) is 0 Å². The molecule has 4 heteroatoms. The topological polar surface area (TPSA) is 47.6 Å². The minimum Gasteiger partial charge on any atom is -0.185 e. The van der Waals surface area contributed by atoms with Crippen LogP contribution in [0.5, 0.6) is 0 Å². The molecule has 0 atom stereocenters. The first-order valence-corrected chi connectivity index (χ1v) is 6.21. The Bertz CT molecular complexity index is 271. The molecular formula is C10H14N2S2. The fourth-order valence-electron chi connectivity index (χ4n) is 1.01. The summed E-state index contributed by atoms with van der Waals surface area (Å²) in [5, 5.41) is 21.2. The van der Waals surface area contributed by atoms with Gasteiger partial charge in [-0.25, -0.2) is 0 Å². The molecule has 0 heterocycles. The van der Waals surface area contributed by atoms with Crippen LogP contribution in [0.3, 0.4) is 0 Å². The highest BCUT2D eigenvalue weighted by Crippen LogP contribution is 2.30. The van der Waals surface area contributed by atoms with Gasteiger partial charge in [-0.05, 0) is 43.3 Å². The van der Waals surface area contributed by atoms with Crippen molar-refractivity contribution < 1.29 is 0 Å². The van der Waals surface area contributed by atoms with Crippen LogP contribution in [-0.2, 0) is 0 Å². The van der Waals surface area contributed by atoms with Crippen molar-refractivity contribution >= 4 is 23.5 Å². The zero-order valence-electron chi connectivity index (χ0n) is 8.54. The highest BCUT2D eigenvalue weighted by Gasteiger charge is 2.04. The molecule has 0 saturated heterocycles. The van der Waals surface area contributed by atoms with Crippen molar-refractivity contribution in [2.24, 2.45) is 0 Å². The van der Waals surface area contributed by atoms with E-state index in [1.807, 2.05) is 12.3 Å². The Morgan fingerprint density at radius 2 is 1.79 bits per heavy atom. The second-order valence-electron chi connectivity index (χ2n) is 2.82. The molecule has 14 heavy (non-hydrogen) atoms. The number of allylic oxidation sites excluding steroid dienone is 2. The highest BCUT2D eigenvalue weighted by molar-refractivity contribution is 8.10. The third-order valence-corrected chi connectivity index (χ3v) is 3.39. The summed E-state index contributed by atoms with van der Waals surface area (Å²) < 4.78 is 0. The molecule has 0 fully saturated rings. The lowest BCUT2D eigenvalue weighted by molar-refractivity contribution is 0.725. The van der Waals surface area contributed by atoms with E-state index in [9.17, 15) is 0 Å². The molecule has 0 aromatic carbocycles. The van der Waals surface area contributed by atoms with Crippen molar-refractivity contribution in [1.82, 2.24) is 0 Å². The number of unbranched alkanes of at least 4 members (excludes halogenated alkanes) is 2. The molecule has 0 aromatic heterocycles. The Balaban J connectivity index is 4.22. The summed E-state index contributed by atoms with van der Waals surface area (Å²) in [6, 6.07) is 0. The van der Waals surface area contributed by atoms with Crippen molar-refractivity contribution in [2.45, 2.75) is 39.5 Å². The van der Waals surface area contributed by atoms with Crippen LogP contribution in [-0.4, -0.2) is 0 Å². The first-order chi connectivity index (χ1) is 6.76. The minimum absolute atomic E-state index is 0.923. The lowest BCUT2D eigenvalue weighted by Gasteiger charge is -2.04. The molecule has 0 aliphatic heterocycles. The SMILES string of the molecule is CCCCC/C(SC#N)=C(/C)SC#N.